The van der Waals surface area contributed by atoms with Crippen LogP contribution in [0.25, 0.3) is 0 Å². The molecule has 1 heterocycles. The van der Waals surface area contributed by atoms with Crippen LogP contribution in [0.2, 0.25) is 0 Å². The van der Waals surface area contributed by atoms with Crippen LogP contribution in [-0.2, 0) is 0 Å². The minimum Gasteiger partial charge on any atom is -0.362 e. The molecule has 0 spiro atoms. The van der Waals surface area contributed by atoms with Crippen molar-refractivity contribution in [2.45, 2.75) is 39.4 Å². The van der Waals surface area contributed by atoms with Crippen LogP contribution in [0.15, 0.2) is 18.3 Å². The second-order valence-corrected chi connectivity index (χ2v) is 4.59. The lowest BCUT2D eigenvalue weighted by Crippen LogP contribution is -2.34. The molecular formula is C14H22F3N3. The summed E-state index contributed by atoms with van der Waals surface area (Å²) >= 11 is 0. The molecule has 0 fully saturated rings. The molecule has 1 unspecified atom stereocenters. The van der Waals surface area contributed by atoms with Gasteiger partial charge in [0, 0.05) is 12.6 Å². The van der Waals surface area contributed by atoms with E-state index in [-0.39, 0.29) is 6.04 Å². The summed E-state index contributed by atoms with van der Waals surface area (Å²) in [5.74, 6) is 0. The van der Waals surface area contributed by atoms with E-state index in [2.05, 4.69) is 10.3 Å². The number of hydrogen-bond donors (Lipinski definition) is 1. The predicted molar refractivity (Wildman–Crippen MR) is 74.9 cm³/mol. The zero-order valence-corrected chi connectivity index (χ0v) is 12.2. The van der Waals surface area contributed by atoms with Gasteiger partial charge < -0.3 is 10.2 Å². The Kier molecular flexibility index (Phi) is 6.26. The third-order valence-electron chi connectivity index (χ3n) is 3.10. The van der Waals surface area contributed by atoms with E-state index in [4.69, 9.17) is 0 Å². The Morgan fingerprint density at radius 3 is 2.35 bits per heavy atom. The van der Waals surface area contributed by atoms with Gasteiger partial charge in [0.15, 0.2) is 0 Å². The number of nitrogens with zero attached hydrogens (tertiary/aromatic N) is 2. The Morgan fingerprint density at radius 1 is 1.25 bits per heavy atom. The van der Waals surface area contributed by atoms with Crippen molar-refractivity contribution in [1.29, 1.82) is 0 Å². The summed E-state index contributed by atoms with van der Waals surface area (Å²) in [6.45, 7) is 5.94. The number of anilines is 1. The van der Waals surface area contributed by atoms with Crippen molar-refractivity contribution in [2.75, 3.05) is 24.5 Å². The van der Waals surface area contributed by atoms with Gasteiger partial charge >= 0.3 is 6.18 Å². The highest BCUT2D eigenvalue weighted by molar-refractivity contribution is 5.44. The lowest BCUT2D eigenvalue weighted by atomic mass is 10.1. The van der Waals surface area contributed by atoms with Gasteiger partial charge in [-0.1, -0.05) is 13.8 Å². The van der Waals surface area contributed by atoms with E-state index in [1.807, 2.05) is 13.8 Å². The number of alkyl halides is 3. The smallest absolute Gasteiger partial charge is 0.362 e. The van der Waals surface area contributed by atoms with Crippen molar-refractivity contribution in [3.05, 3.63) is 24.0 Å². The van der Waals surface area contributed by atoms with Gasteiger partial charge in [-0.05, 0) is 32.0 Å². The summed E-state index contributed by atoms with van der Waals surface area (Å²) < 4.78 is 37.4. The second kappa shape index (κ2) is 7.47. The monoisotopic (exact) mass is 289 g/mol. The van der Waals surface area contributed by atoms with Gasteiger partial charge in [-0.25, -0.2) is 0 Å². The largest absolute Gasteiger partial charge is 0.405 e. The standard InChI is InChI=1S/C14H22F3N3/c1-4-12(18-5-2)13-8-7-11(9-19-13)20(6-3)10-14(15,16)17/h7-9,12,18H,4-6,10H2,1-3H3. The molecule has 1 atom stereocenters. The number of halogens is 3. The van der Waals surface area contributed by atoms with Crippen molar-refractivity contribution in [3.63, 3.8) is 0 Å². The zero-order valence-electron chi connectivity index (χ0n) is 12.2. The first-order valence-electron chi connectivity index (χ1n) is 6.92. The maximum atomic E-state index is 12.5. The number of rotatable bonds is 7. The van der Waals surface area contributed by atoms with Crippen molar-refractivity contribution in [2.24, 2.45) is 0 Å². The van der Waals surface area contributed by atoms with Gasteiger partial charge in [0.1, 0.15) is 6.54 Å². The fourth-order valence-electron chi connectivity index (χ4n) is 2.10. The molecule has 0 bridgehead atoms. The molecule has 0 aliphatic carbocycles. The molecule has 3 nitrogen and oxygen atoms in total. The maximum Gasteiger partial charge on any atom is 0.405 e. The van der Waals surface area contributed by atoms with Crippen LogP contribution >= 0.6 is 0 Å². The number of nitrogens with one attached hydrogen (secondary N) is 1. The highest BCUT2D eigenvalue weighted by Gasteiger charge is 2.30. The van der Waals surface area contributed by atoms with E-state index < -0.39 is 12.7 Å². The summed E-state index contributed by atoms with van der Waals surface area (Å²) in [4.78, 5) is 5.56. The number of pyridine rings is 1. The summed E-state index contributed by atoms with van der Waals surface area (Å²) in [5, 5.41) is 3.29. The second-order valence-electron chi connectivity index (χ2n) is 4.59. The van der Waals surface area contributed by atoms with Gasteiger partial charge in [0.2, 0.25) is 0 Å². The van der Waals surface area contributed by atoms with E-state index in [0.29, 0.717) is 12.2 Å². The van der Waals surface area contributed by atoms with Gasteiger partial charge in [-0.3, -0.25) is 4.98 Å². The zero-order chi connectivity index (χ0) is 15.2. The van der Waals surface area contributed by atoms with Gasteiger partial charge in [-0.15, -0.1) is 0 Å². The Labute approximate surface area is 118 Å². The molecule has 0 aliphatic rings. The topological polar surface area (TPSA) is 28.2 Å². The SMILES string of the molecule is CCNC(CC)c1ccc(N(CC)CC(F)(F)F)cn1. The highest BCUT2D eigenvalue weighted by Crippen LogP contribution is 2.23. The summed E-state index contributed by atoms with van der Waals surface area (Å²) in [7, 11) is 0. The average molecular weight is 289 g/mol. The molecule has 0 saturated carbocycles. The molecule has 0 aromatic carbocycles. The Hall–Kier alpha value is -1.30. The molecule has 0 saturated heterocycles. The fourth-order valence-corrected chi connectivity index (χ4v) is 2.10. The Bertz CT molecular complexity index is 390. The molecule has 0 aliphatic heterocycles. The quantitative estimate of drug-likeness (QED) is 0.832. The van der Waals surface area contributed by atoms with Crippen LogP contribution in [0.1, 0.15) is 38.9 Å². The fraction of sp³-hybridized carbons (Fsp3) is 0.643. The molecule has 20 heavy (non-hydrogen) atoms. The van der Waals surface area contributed by atoms with E-state index in [1.54, 1.807) is 19.1 Å². The number of hydrogen-bond acceptors (Lipinski definition) is 3. The molecule has 1 rings (SSSR count). The highest BCUT2D eigenvalue weighted by atomic mass is 19.4. The van der Waals surface area contributed by atoms with Crippen LogP contribution in [0, 0.1) is 0 Å². The summed E-state index contributed by atoms with van der Waals surface area (Å²) in [6.07, 6.45) is -1.80. The first-order valence-corrected chi connectivity index (χ1v) is 6.92. The minimum atomic E-state index is -4.20. The first-order chi connectivity index (χ1) is 9.41. The normalized spacial score (nSPS) is 13.3. The minimum absolute atomic E-state index is 0.145. The van der Waals surface area contributed by atoms with Gasteiger partial charge in [-0.2, -0.15) is 13.2 Å². The Morgan fingerprint density at radius 2 is 1.95 bits per heavy atom. The van der Waals surface area contributed by atoms with E-state index in [1.165, 1.54) is 11.1 Å². The molecular weight excluding hydrogens is 267 g/mol. The number of aromatic nitrogens is 1. The van der Waals surface area contributed by atoms with E-state index >= 15 is 0 Å². The van der Waals surface area contributed by atoms with Crippen molar-refractivity contribution in [3.8, 4) is 0 Å². The molecule has 1 aromatic rings. The van der Waals surface area contributed by atoms with Gasteiger partial charge in [0.05, 0.1) is 17.6 Å². The molecule has 114 valence electrons. The molecule has 0 radical (unpaired) electrons. The predicted octanol–water partition coefficient (Wildman–Crippen LogP) is 3.53. The van der Waals surface area contributed by atoms with Crippen LogP contribution in [-0.4, -0.2) is 30.8 Å². The van der Waals surface area contributed by atoms with E-state index in [0.717, 1.165) is 18.7 Å². The van der Waals surface area contributed by atoms with Crippen molar-refractivity contribution < 1.29 is 13.2 Å². The molecule has 6 heteroatoms. The third-order valence-corrected chi connectivity index (χ3v) is 3.10. The van der Waals surface area contributed by atoms with Crippen molar-refractivity contribution >= 4 is 5.69 Å². The van der Waals surface area contributed by atoms with Gasteiger partial charge in [0.25, 0.3) is 0 Å². The lowest BCUT2D eigenvalue weighted by molar-refractivity contribution is -0.119. The molecule has 1 aromatic heterocycles. The third kappa shape index (κ3) is 5.00. The molecule has 0 amide bonds. The Balaban J connectivity index is 2.83. The average Bonchev–Trinajstić information content (AvgIpc) is 2.41. The van der Waals surface area contributed by atoms with Crippen LogP contribution in [0.3, 0.4) is 0 Å². The van der Waals surface area contributed by atoms with E-state index in [9.17, 15) is 13.2 Å². The summed E-state index contributed by atoms with van der Waals surface area (Å²) in [5.41, 5.74) is 1.36. The van der Waals surface area contributed by atoms with Crippen molar-refractivity contribution in [1.82, 2.24) is 10.3 Å². The first kappa shape index (κ1) is 16.8. The summed E-state index contributed by atoms with van der Waals surface area (Å²) in [6, 6.07) is 3.65. The van der Waals surface area contributed by atoms with Crippen LogP contribution in [0.5, 0.6) is 0 Å². The lowest BCUT2D eigenvalue weighted by Gasteiger charge is -2.24. The van der Waals surface area contributed by atoms with Crippen LogP contribution < -0.4 is 10.2 Å². The maximum absolute atomic E-state index is 12.5. The molecule has 1 N–H and O–H groups in total. The van der Waals surface area contributed by atoms with Crippen LogP contribution in [0.4, 0.5) is 18.9 Å².